The number of ether oxygens (including phenoxy) is 2. The topological polar surface area (TPSA) is 77.4 Å². The summed E-state index contributed by atoms with van der Waals surface area (Å²) >= 11 is 11.8. The fourth-order valence-corrected chi connectivity index (χ4v) is 4.04. The largest absolute Gasteiger partial charge is 0.493 e. The molecule has 2 N–H and O–H groups in total. The Bertz CT molecular complexity index is 1230. The highest BCUT2D eigenvalue weighted by Crippen LogP contribution is 2.44. The van der Waals surface area contributed by atoms with E-state index in [1.807, 2.05) is 0 Å². The van der Waals surface area contributed by atoms with Crippen LogP contribution in [0.4, 0.5) is 24.7 Å². The van der Waals surface area contributed by atoms with Gasteiger partial charge in [0.1, 0.15) is 5.82 Å². The molecule has 7 nitrogen and oxygen atoms in total. The van der Waals surface area contributed by atoms with E-state index in [0.717, 1.165) is 4.68 Å². The third kappa shape index (κ3) is 4.74. The molecule has 34 heavy (non-hydrogen) atoms. The average molecular weight is 515 g/mol. The van der Waals surface area contributed by atoms with Crippen molar-refractivity contribution in [2.45, 2.75) is 24.7 Å². The molecular weight excluding hydrogens is 496 g/mol. The lowest BCUT2D eigenvalue weighted by Crippen LogP contribution is -2.35. The molecular formula is C22H19Cl2F3N4O3. The van der Waals surface area contributed by atoms with Crippen molar-refractivity contribution < 1.29 is 27.4 Å². The number of hydrogen-bond donors (Lipinski definition) is 2. The molecule has 4 rings (SSSR count). The van der Waals surface area contributed by atoms with Crippen molar-refractivity contribution in [3.8, 4) is 11.5 Å². The van der Waals surface area contributed by atoms with Crippen LogP contribution in [-0.2, 0) is 0 Å². The number of aromatic nitrogens is 2. The summed E-state index contributed by atoms with van der Waals surface area (Å²) in [4.78, 5) is 12.7. The summed E-state index contributed by atoms with van der Waals surface area (Å²) < 4.78 is 53.1. The summed E-state index contributed by atoms with van der Waals surface area (Å²) in [5, 5.41) is 10.1. The van der Waals surface area contributed by atoms with E-state index in [2.05, 4.69) is 15.7 Å². The normalized spacial score (nSPS) is 17.5. The molecule has 2 aromatic carbocycles. The molecule has 1 aliphatic heterocycles. The van der Waals surface area contributed by atoms with E-state index in [1.165, 1.54) is 38.5 Å². The first kappa shape index (κ1) is 24.0. The number of benzene rings is 2. The van der Waals surface area contributed by atoms with Crippen LogP contribution >= 0.6 is 23.2 Å². The van der Waals surface area contributed by atoms with Crippen LogP contribution in [0.25, 0.3) is 0 Å². The Hall–Kier alpha value is -3.11. The van der Waals surface area contributed by atoms with E-state index >= 15 is 0 Å². The van der Waals surface area contributed by atoms with Gasteiger partial charge in [-0.1, -0.05) is 29.3 Å². The molecule has 0 saturated heterocycles. The van der Waals surface area contributed by atoms with Crippen LogP contribution in [0.1, 0.15) is 34.6 Å². The Balaban J connectivity index is 1.64. The van der Waals surface area contributed by atoms with E-state index in [0.29, 0.717) is 27.8 Å². The smallest absolute Gasteiger partial charge is 0.410 e. The molecule has 0 spiro atoms. The van der Waals surface area contributed by atoms with Gasteiger partial charge in [-0.25, -0.2) is 4.68 Å². The first-order valence-corrected chi connectivity index (χ1v) is 10.8. The maximum absolute atomic E-state index is 14.0. The second kappa shape index (κ2) is 9.27. The predicted octanol–water partition coefficient (Wildman–Crippen LogP) is 6.12. The van der Waals surface area contributed by atoms with Gasteiger partial charge in [0.2, 0.25) is 0 Å². The van der Waals surface area contributed by atoms with Gasteiger partial charge in [0, 0.05) is 18.2 Å². The van der Waals surface area contributed by atoms with Crippen molar-refractivity contribution in [3.63, 3.8) is 0 Å². The monoisotopic (exact) mass is 514 g/mol. The van der Waals surface area contributed by atoms with Crippen LogP contribution in [0.2, 0.25) is 10.0 Å². The van der Waals surface area contributed by atoms with Gasteiger partial charge < -0.3 is 20.1 Å². The van der Waals surface area contributed by atoms with Crippen LogP contribution in [0.15, 0.2) is 42.5 Å². The maximum Gasteiger partial charge on any atom is 0.410 e. The molecule has 1 aromatic heterocycles. The molecule has 0 aliphatic carbocycles. The Morgan fingerprint density at radius 3 is 2.47 bits per heavy atom. The van der Waals surface area contributed by atoms with E-state index in [-0.39, 0.29) is 23.0 Å². The predicted molar refractivity (Wildman–Crippen MR) is 122 cm³/mol. The molecule has 0 radical (unpaired) electrons. The van der Waals surface area contributed by atoms with Crippen LogP contribution in [0.3, 0.4) is 0 Å². The standard InChI is InChI=1S/C22H19Cl2F3N4O3/c1-33-17-6-3-11(7-18(17)34-2)15-9-19(22(25,26)27)31-20(29-15)10-16(30-31)21(32)28-12-4-5-13(23)14(24)8-12/h3-8,10,15,19,29H,9H2,1-2H3,(H,28,32). The van der Waals surface area contributed by atoms with Crippen molar-refractivity contribution in [2.75, 3.05) is 24.9 Å². The van der Waals surface area contributed by atoms with Gasteiger partial charge in [-0.3, -0.25) is 4.79 Å². The molecule has 3 aromatic rings. The maximum atomic E-state index is 14.0. The molecule has 2 atom stereocenters. The van der Waals surface area contributed by atoms with E-state index in [1.54, 1.807) is 18.2 Å². The number of alkyl halides is 3. The van der Waals surface area contributed by atoms with Gasteiger partial charge in [0.15, 0.2) is 23.2 Å². The highest BCUT2D eigenvalue weighted by atomic mass is 35.5. The summed E-state index contributed by atoms with van der Waals surface area (Å²) in [6, 6.07) is 7.98. The molecule has 12 heteroatoms. The lowest BCUT2D eigenvalue weighted by Gasteiger charge is -2.33. The van der Waals surface area contributed by atoms with Crippen LogP contribution in [0, 0.1) is 0 Å². The number of rotatable bonds is 5. The van der Waals surface area contributed by atoms with Gasteiger partial charge in [-0.05, 0) is 35.9 Å². The highest BCUT2D eigenvalue weighted by molar-refractivity contribution is 6.42. The summed E-state index contributed by atoms with van der Waals surface area (Å²) in [6.45, 7) is 0. The number of nitrogens with one attached hydrogen (secondary N) is 2. The number of carbonyl (C=O) groups excluding carboxylic acids is 1. The van der Waals surface area contributed by atoms with Crippen molar-refractivity contribution in [1.82, 2.24) is 9.78 Å². The molecule has 0 saturated carbocycles. The fourth-order valence-electron chi connectivity index (χ4n) is 3.74. The zero-order chi connectivity index (χ0) is 24.6. The van der Waals surface area contributed by atoms with Gasteiger partial charge in [0.05, 0.1) is 30.3 Å². The van der Waals surface area contributed by atoms with Crippen molar-refractivity contribution >= 4 is 40.6 Å². The second-order valence-electron chi connectivity index (χ2n) is 7.55. The minimum atomic E-state index is -4.59. The molecule has 0 fully saturated rings. The van der Waals surface area contributed by atoms with Crippen molar-refractivity contribution in [3.05, 3.63) is 63.8 Å². The van der Waals surface area contributed by atoms with Gasteiger partial charge in [-0.2, -0.15) is 18.3 Å². The Labute approximate surface area is 202 Å². The second-order valence-corrected chi connectivity index (χ2v) is 8.36. The number of carbonyl (C=O) groups is 1. The van der Waals surface area contributed by atoms with Gasteiger partial charge in [0.25, 0.3) is 5.91 Å². The Morgan fingerprint density at radius 1 is 1.09 bits per heavy atom. The lowest BCUT2D eigenvalue weighted by atomic mass is 9.96. The quantitative estimate of drug-likeness (QED) is 0.428. The number of nitrogens with zero attached hydrogens (tertiary/aromatic N) is 2. The Kier molecular flexibility index (Phi) is 6.55. The summed E-state index contributed by atoms with van der Waals surface area (Å²) in [6.07, 6.45) is -4.92. The minimum Gasteiger partial charge on any atom is -0.493 e. The van der Waals surface area contributed by atoms with E-state index in [9.17, 15) is 18.0 Å². The van der Waals surface area contributed by atoms with E-state index in [4.69, 9.17) is 32.7 Å². The molecule has 1 aliphatic rings. The summed E-state index contributed by atoms with van der Waals surface area (Å²) in [7, 11) is 2.92. The SMILES string of the molecule is COc1ccc(C2CC(C(F)(F)F)n3nc(C(=O)Nc4ccc(Cl)c(Cl)c4)cc3N2)cc1OC. The fraction of sp³-hybridized carbons (Fsp3) is 0.273. The highest BCUT2D eigenvalue weighted by Gasteiger charge is 2.47. The molecule has 1 amide bonds. The minimum absolute atomic E-state index is 0.0626. The number of amides is 1. The van der Waals surface area contributed by atoms with Crippen LogP contribution in [0.5, 0.6) is 11.5 Å². The van der Waals surface area contributed by atoms with Gasteiger partial charge >= 0.3 is 6.18 Å². The molecule has 180 valence electrons. The van der Waals surface area contributed by atoms with Crippen LogP contribution in [-0.4, -0.2) is 36.1 Å². The van der Waals surface area contributed by atoms with Crippen molar-refractivity contribution in [2.24, 2.45) is 0 Å². The first-order valence-electron chi connectivity index (χ1n) is 10.0. The summed E-state index contributed by atoms with van der Waals surface area (Å²) in [5.41, 5.74) is 0.714. The Morgan fingerprint density at radius 2 is 1.82 bits per heavy atom. The van der Waals surface area contributed by atoms with Gasteiger partial charge in [-0.15, -0.1) is 0 Å². The number of hydrogen-bond acceptors (Lipinski definition) is 5. The summed E-state index contributed by atoms with van der Waals surface area (Å²) in [5.74, 6) is 0.227. The molecule has 2 unspecified atom stereocenters. The number of fused-ring (bicyclic) bond motifs is 1. The average Bonchev–Trinajstić information content (AvgIpc) is 3.24. The molecule has 2 heterocycles. The lowest BCUT2D eigenvalue weighted by molar-refractivity contribution is -0.173. The zero-order valence-corrected chi connectivity index (χ0v) is 19.4. The van der Waals surface area contributed by atoms with E-state index < -0.39 is 24.2 Å². The number of halogens is 5. The zero-order valence-electron chi connectivity index (χ0n) is 17.9. The van der Waals surface area contributed by atoms with Crippen LogP contribution < -0.4 is 20.1 Å². The first-order chi connectivity index (χ1) is 16.1. The number of anilines is 2. The number of methoxy groups -OCH3 is 2. The molecule has 0 bridgehead atoms. The van der Waals surface area contributed by atoms with Crippen molar-refractivity contribution in [1.29, 1.82) is 0 Å². The third-order valence-electron chi connectivity index (χ3n) is 5.41. The third-order valence-corrected chi connectivity index (χ3v) is 6.15.